The zero-order valence-electron chi connectivity index (χ0n) is 37.1. The Hall–Kier alpha value is -6.23. The summed E-state index contributed by atoms with van der Waals surface area (Å²) in [6.07, 6.45) is -10.5. The van der Waals surface area contributed by atoms with Gasteiger partial charge in [-0.15, -0.1) is 0 Å². The molecule has 1 aliphatic heterocycles. The molecule has 65 heavy (non-hydrogen) atoms. The Morgan fingerprint density at radius 2 is 1.37 bits per heavy atom. The quantitative estimate of drug-likeness (QED) is 0.139. The molecule has 344 valence electrons. The molecule has 3 aromatic carbocycles. The number of hydrogen-bond donors (Lipinski definition) is 3. The van der Waals surface area contributed by atoms with Crippen molar-refractivity contribution in [1.82, 2.24) is 5.32 Å². The van der Waals surface area contributed by atoms with E-state index in [-0.39, 0.29) is 35.3 Å². The number of aliphatic hydroxyl groups is 2. The molecule has 3 N–H and O–H groups in total. The second-order valence-corrected chi connectivity index (χ2v) is 17.9. The van der Waals surface area contributed by atoms with Crippen molar-refractivity contribution < 1.29 is 72.2 Å². The van der Waals surface area contributed by atoms with E-state index in [0.717, 1.165) is 20.8 Å². The molecule has 1 heterocycles. The van der Waals surface area contributed by atoms with Gasteiger partial charge in [-0.05, 0) is 54.8 Å². The van der Waals surface area contributed by atoms with Crippen LogP contribution < -0.4 is 5.32 Å². The van der Waals surface area contributed by atoms with Crippen LogP contribution in [0.3, 0.4) is 0 Å². The van der Waals surface area contributed by atoms with E-state index in [1.54, 1.807) is 92.7 Å². The van der Waals surface area contributed by atoms with Crippen molar-refractivity contribution in [3.8, 4) is 0 Å². The van der Waals surface area contributed by atoms with Gasteiger partial charge in [-0.3, -0.25) is 24.0 Å². The van der Waals surface area contributed by atoms with Gasteiger partial charge in [0, 0.05) is 44.6 Å². The molecule has 0 unspecified atom stereocenters. The molecule has 2 saturated carbocycles. The second-order valence-electron chi connectivity index (χ2n) is 17.9. The van der Waals surface area contributed by atoms with Gasteiger partial charge in [0.05, 0.1) is 29.6 Å². The van der Waals surface area contributed by atoms with Crippen LogP contribution in [0.2, 0.25) is 0 Å². The minimum atomic E-state index is -2.43. The van der Waals surface area contributed by atoms with Crippen LogP contribution in [0.25, 0.3) is 0 Å². The number of ketones is 1. The number of fused-ring (bicyclic) bond motifs is 5. The van der Waals surface area contributed by atoms with Gasteiger partial charge in [-0.1, -0.05) is 80.6 Å². The number of ether oxygens (including phenoxy) is 6. The van der Waals surface area contributed by atoms with E-state index in [4.69, 9.17) is 28.4 Å². The third-order valence-corrected chi connectivity index (χ3v) is 13.8. The van der Waals surface area contributed by atoms with Crippen LogP contribution >= 0.6 is 0 Å². The fraction of sp³-hybridized carbons (Fsp3) is 0.449. The van der Waals surface area contributed by atoms with E-state index in [0.29, 0.717) is 5.56 Å². The molecule has 11 atom stereocenters. The summed E-state index contributed by atoms with van der Waals surface area (Å²) in [5.41, 5.74) is -7.20. The molecule has 7 rings (SSSR count). The molecule has 0 aromatic heterocycles. The number of nitrogens with one attached hydrogen (secondary N) is 1. The average Bonchev–Trinajstić information content (AvgIpc) is 3.26. The van der Waals surface area contributed by atoms with Crippen molar-refractivity contribution in [1.29, 1.82) is 0 Å². The highest BCUT2D eigenvalue weighted by atomic mass is 16.6. The minimum Gasteiger partial charge on any atom is -0.455 e. The van der Waals surface area contributed by atoms with Gasteiger partial charge < -0.3 is 44.0 Å². The molecule has 3 aliphatic carbocycles. The summed E-state index contributed by atoms with van der Waals surface area (Å²) in [5, 5.41) is 28.7. The van der Waals surface area contributed by atoms with Gasteiger partial charge in [-0.25, -0.2) is 9.59 Å². The topological polar surface area (TPSA) is 227 Å². The molecule has 4 aliphatic rings. The number of rotatable bonds is 11. The lowest BCUT2D eigenvalue weighted by atomic mass is 9.44. The number of esters is 5. The summed E-state index contributed by atoms with van der Waals surface area (Å²) in [6.45, 7) is 8.99. The lowest BCUT2D eigenvalue weighted by Gasteiger charge is -2.67. The third kappa shape index (κ3) is 8.12. The van der Waals surface area contributed by atoms with Gasteiger partial charge >= 0.3 is 29.8 Å². The molecule has 0 radical (unpaired) electrons. The van der Waals surface area contributed by atoms with Crippen LogP contribution in [0.15, 0.2) is 102 Å². The number of carbonyl (C=O) groups is 7. The summed E-state index contributed by atoms with van der Waals surface area (Å²) >= 11 is 0. The number of hydrogen-bond acceptors (Lipinski definition) is 15. The Balaban J connectivity index is 1.42. The maximum absolute atomic E-state index is 15.6. The van der Waals surface area contributed by atoms with E-state index in [9.17, 15) is 39.0 Å². The predicted octanol–water partition coefficient (Wildman–Crippen LogP) is 4.31. The van der Waals surface area contributed by atoms with Gasteiger partial charge in [0.2, 0.25) is 6.10 Å². The first-order valence-electron chi connectivity index (χ1n) is 21.4. The Kier molecular flexibility index (Phi) is 12.7. The first kappa shape index (κ1) is 46.8. The molecule has 1 saturated heterocycles. The molecule has 16 nitrogen and oxygen atoms in total. The van der Waals surface area contributed by atoms with E-state index in [1.165, 1.54) is 26.0 Å². The summed E-state index contributed by atoms with van der Waals surface area (Å²) < 4.78 is 36.2. The maximum atomic E-state index is 15.6. The van der Waals surface area contributed by atoms with Gasteiger partial charge in [0.1, 0.15) is 30.0 Å². The fourth-order valence-corrected chi connectivity index (χ4v) is 10.5. The Morgan fingerprint density at radius 3 is 1.91 bits per heavy atom. The highest BCUT2D eigenvalue weighted by molar-refractivity contribution is 5.96. The SMILES string of the molecule is CC(=O)O[C@H]1C(=O)[C@]2(C)[C@H](O)C[C@H]3OC[C@@]3(OC(C)=O)[C@H]2[C@H](OC(=O)c2ccccc2)[C@]2(O)C[C@H](OC(=O)[C@H](OC(C)=O)[C@@H](NC(=O)c3ccccc3)c3ccccc3)C(C)=C1C2(C)C. The molecule has 2 bridgehead atoms. The highest BCUT2D eigenvalue weighted by Gasteiger charge is 2.78. The van der Waals surface area contributed by atoms with Crippen molar-refractivity contribution in [2.75, 3.05) is 6.61 Å². The average molecular weight is 896 g/mol. The van der Waals surface area contributed by atoms with Gasteiger partial charge in [-0.2, -0.15) is 0 Å². The molecule has 16 heteroatoms. The third-order valence-electron chi connectivity index (χ3n) is 13.8. The zero-order valence-corrected chi connectivity index (χ0v) is 37.1. The summed E-state index contributed by atoms with van der Waals surface area (Å²) in [6, 6.07) is 22.9. The Morgan fingerprint density at radius 1 is 0.785 bits per heavy atom. The second kappa shape index (κ2) is 17.6. The number of aliphatic hydroxyl groups excluding tert-OH is 1. The first-order chi connectivity index (χ1) is 30.7. The van der Waals surface area contributed by atoms with E-state index in [2.05, 4.69) is 5.32 Å². The largest absolute Gasteiger partial charge is 0.455 e. The van der Waals surface area contributed by atoms with Crippen LogP contribution in [0, 0.1) is 16.7 Å². The number of benzene rings is 3. The Labute approximate surface area is 375 Å². The summed E-state index contributed by atoms with van der Waals surface area (Å²) in [4.78, 5) is 97.4. The number of Topliss-reactive ketones (excluding diaryl/α,β-unsaturated/α-hetero) is 1. The van der Waals surface area contributed by atoms with Crippen LogP contribution in [-0.2, 0) is 52.4 Å². The normalized spacial score (nSPS) is 30.8. The lowest BCUT2D eigenvalue weighted by molar-refractivity contribution is -0.346. The molecular weight excluding hydrogens is 843 g/mol. The van der Waals surface area contributed by atoms with Crippen LogP contribution in [-0.4, -0.2) is 106 Å². The minimum absolute atomic E-state index is 0.0218. The van der Waals surface area contributed by atoms with Gasteiger partial charge in [0.25, 0.3) is 5.91 Å². The van der Waals surface area contributed by atoms with Crippen molar-refractivity contribution in [2.45, 2.75) is 115 Å². The van der Waals surface area contributed by atoms with Crippen molar-refractivity contribution in [3.05, 3.63) is 119 Å². The van der Waals surface area contributed by atoms with E-state index >= 15 is 4.79 Å². The van der Waals surface area contributed by atoms with Crippen LogP contribution in [0.4, 0.5) is 0 Å². The predicted molar refractivity (Wildman–Crippen MR) is 227 cm³/mol. The number of carbonyl (C=O) groups excluding carboxylic acids is 7. The molecule has 3 aromatic rings. The highest BCUT2D eigenvalue weighted by Crippen LogP contribution is 2.64. The lowest BCUT2D eigenvalue weighted by Crippen LogP contribution is -2.82. The molecular formula is C49H53NO15. The molecule has 1 amide bonds. The smallest absolute Gasteiger partial charge is 0.350 e. The standard InChI is InChI=1S/C49H53NO15/c1-26-33(63-45(58)39(62-28(3)52)37(30-17-11-8-12-18-30)50-43(56)31-19-13-9-14-20-31)24-49(59)42(64-44(57)32-21-15-10-16-22-32)40-47(7,34(54)23-35-48(40,25-60-35)65-29(4)53)41(55)38(61-27(2)51)36(26)46(49,5)6/h8-22,33-35,37-40,42,54,59H,23-25H2,1-7H3,(H,50,56)/t33-,34+,35+,37-,38+,39+,40-,42-,47+,48-,49+/m0/s1. The zero-order chi connectivity index (χ0) is 47.2. The van der Waals surface area contributed by atoms with Crippen molar-refractivity contribution in [3.63, 3.8) is 0 Å². The van der Waals surface area contributed by atoms with Crippen LogP contribution in [0.5, 0.6) is 0 Å². The Bertz CT molecular complexity index is 2400. The van der Waals surface area contributed by atoms with Crippen LogP contribution in [0.1, 0.15) is 93.6 Å². The fourth-order valence-electron chi connectivity index (χ4n) is 10.5. The van der Waals surface area contributed by atoms with Gasteiger partial charge in [0.15, 0.2) is 17.5 Å². The monoisotopic (exact) mass is 895 g/mol. The number of amides is 1. The van der Waals surface area contributed by atoms with Crippen molar-refractivity contribution >= 4 is 41.5 Å². The molecule has 0 spiro atoms. The first-order valence-corrected chi connectivity index (χ1v) is 21.4. The van der Waals surface area contributed by atoms with E-state index in [1.807, 2.05) is 0 Å². The summed E-state index contributed by atoms with van der Waals surface area (Å²) in [7, 11) is 0. The summed E-state index contributed by atoms with van der Waals surface area (Å²) in [5.74, 6) is -7.79. The van der Waals surface area contributed by atoms with Crippen molar-refractivity contribution in [2.24, 2.45) is 16.7 Å². The maximum Gasteiger partial charge on any atom is 0.350 e. The molecule has 3 fully saturated rings. The van der Waals surface area contributed by atoms with E-state index < -0.39 is 119 Å².